The molecule has 0 radical (unpaired) electrons. The first-order valence-corrected chi connectivity index (χ1v) is 2.96. The van der Waals surface area contributed by atoms with E-state index in [0.29, 0.717) is 13.0 Å². The van der Waals surface area contributed by atoms with Gasteiger partial charge >= 0.3 is 5.97 Å². The summed E-state index contributed by atoms with van der Waals surface area (Å²) >= 11 is 0. The number of aliphatic carboxylic acids is 1. The molecule has 0 saturated carbocycles. The maximum atomic E-state index is 9.90. The van der Waals surface area contributed by atoms with Crippen molar-refractivity contribution in [2.45, 2.75) is 12.6 Å². The summed E-state index contributed by atoms with van der Waals surface area (Å²) in [5.41, 5.74) is 10.4. The second-order valence-electron chi connectivity index (χ2n) is 1.82. The molecule has 0 aliphatic carbocycles. The van der Waals surface area contributed by atoms with Crippen molar-refractivity contribution in [2.75, 3.05) is 13.2 Å². The van der Waals surface area contributed by atoms with Crippen LogP contribution in [-0.2, 0) is 9.53 Å². The van der Waals surface area contributed by atoms with Gasteiger partial charge in [0, 0.05) is 0 Å². The molecule has 0 aromatic carbocycles. The van der Waals surface area contributed by atoms with Gasteiger partial charge in [0.2, 0.25) is 0 Å². The molecule has 1 atom stereocenters. The van der Waals surface area contributed by atoms with E-state index < -0.39 is 12.2 Å². The number of carboxylic acid groups (broad SMARTS) is 1. The zero-order valence-corrected chi connectivity index (χ0v) is 8.07. The van der Waals surface area contributed by atoms with Crippen molar-refractivity contribution in [3.63, 3.8) is 0 Å². The third kappa shape index (κ3) is 12.6. The van der Waals surface area contributed by atoms with Gasteiger partial charge in [0.1, 0.15) is 12.8 Å². The largest absolute Gasteiger partial charge is 0.480 e. The lowest BCUT2D eigenvalue weighted by Crippen LogP contribution is -2.29. The van der Waals surface area contributed by atoms with E-state index in [0.717, 1.165) is 0 Å². The summed E-state index contributed by atoms with van der Waals surface area (Å²) in [7, 11) is 0. The molecule has 5 N–H and O–H groups in total. The lowest BCUT2D eigenvalue weighted by molar-refractivity contribution is -0.144. The number of halogens is 2. The van der Waals surface area contributed by atoms with E-state index >= 15 is 0 Å². The molecule has 0 amide bonds. The first-order valence-electron chi connectivity index (χ1n) is 2.96. The Balaban J connectivity index is -0.000000405. The Labute approximate surface area is 83.3 Å². The van der Waals surface area contributed by atoms with E-state index in [1.54, 1.807) is 0 Å². The number of rotatable bonds is 5. The second-order valence-corrected chi connectivity index (χ2v) is 1.82. The summed E-state index contributed by atoms with van der Waals surface area (Å²) in [6.45, 7) is 0.0436. The van der Waals surface area contributed by atoms with Gasteiger partial charge in [-0.15, -0.1) is 24.8 Å². The normalized spacial score (nSPS) is 10.8. The monoisotopic (exact) mass is 220 g/mol. The molecule has 0 aromatic heterocycles. The first-order chi connectivity index (χ1) is 4.66. The summed E-state index contributed by atoms with van der Waals surface area (Å²) < 4.78 is 4.64. The zero-order chi connectivity index (χ0) is 7.98. The minimum atomic E-state index is -1.02. The van der Waals surface area contributed by atoms with E-state index in [1.165, 1.54) is 0 Å². The Morgan fingerprint density at radius 2 is 2.00 bits per heavy atom. The maximum Gasteiger partial charge on any atom is 0.329 e. The number of nitrogens with two attached hydrogens (primary N) is 2. The number of hydrogen-bond donors (Lipinski definition) is 3. The Morgan fingerprint density at radius 3 is 2.33 bits per heavy atom. The topological polar surface area (TPSA) is 98.6 Å². The fourth-order valence-corrected chi connectivity index (χ4v) is 0.426. The van der Waals surface area contributed by atoms with Crippen LogP contribution in [0.2, 0.25) is 0 Å². The van der Waals surface area contributed by atoms with Crippen LogP contribution in [0.25, 0.3) is 0 Å². The van der Waals surface area contributed by atoms with Gasteiger partial charge < -0.3 is 21.3 Å². The molecule has 0 rings (SSSR count). The Kier molecular flexibility index (Phi) is 16.3. The van der Waals surface area contributed by atoms with Gasteiger partial charge in [-0.25, -0.2) is 4.79 Å². The SMILES string of the molecule is Cl.Cl.NCCC(N)OCC(=O)O. The molecule has 1 unspecified atom stereocenters. The van der Waals surface area contributed by atoms with Crippen LogP contribution in [-0.4, -0.2) is 30.5 Å². The smallest absolute Gasteiger partial charge is 0.329 e. The van der Waals surface area contributed by atoms with Gasteiger partial charge in [0.25, 0.3) is 0 Å². The minimum absolute atomic E-state index is 0. The fraction of sp³-hybridized carbons (Fsp3) is 0.800. The predicted octanol–water partition coefficient (Wildman–Crippen LogP) is -0.435. The molecule has 0 bridgehead atoms. The average Bonchev–Trinajstić information content (AvgIpc) is 1.85. The van der Waals surface area contributed by atoms with Crippen molar-refractivity contribution < 1.29 is 14.6 Å². The minimum Gasteiger partial charge on any atom is -0.480 e. The standard InChI is InChI=1S/C5H12N2O3.2ClH/c6-2-1-4(7)10-3-5(8)9;;/h4H,1-3,6-7H2,(H,8,9);2*1H. The van der Waals surface area contributed by atoms with Gasteiger partial charge in [-0.05, 0) is 13.0 Å². The molecule has 7 heteroatoms. The van der Waals surface area contributed by atoms with E-state index in [-0.39, 0.29) is 31.4 Å². The van der Waals surface area contributed by atoms with Crippen molar-refractivity contribution in [1.82, 2.24) is 0 Å². The molecular weight excluding hydrogens is 207 g/mol. The Bertz CT molecular complexity index is 115. The zero-order valence-electron chi connectivity index (χ0n) is 6.43. The van der Waals surface area contributed by atoms with Crippen molar-refractivity contribution in [1.29, 1.82) is 0 Å². The summed E-state index contributed by atoms with van der Waals surface area (Å²) in [6, 6.07) is 0. The quantitative estimate of drug-likeness (QED) is 0.547. The van der Waals surface area contributed by atoms with Crippen LogP contribution in [0.5, 0.6) is 0 Å². The lowest BCUT2D eigenvalue weighted by Gasteiger charge is -2.08. The van der Waals surface area contributed by atoms with Gasteiger partial charge in [-0.1, -0.05) is 0 Å². The Hall–Kier alpha value is -0.0700. The number of ether oxygens (including phenoxy) is 1. The second kappa shape index (κ2) is 10.9. The average molecular weight is 221 g/mol. The molecule has 76 valence electrons. The molecule has 12 heavy (non-hydrogen) atoms. The lowest BCUT2D eigenvalue weighted by atomic mass is 10.4. The Morgan fingerprint density at radius 1 is 1.50 bits per heavy atom. The third-order valence-corrected chi connectivity index (χ3v) is 0.872. The predicted molar refractivity (Wildman–Crippen MR) is 49.7 cm³/mol. The van der Waals surface area contributed by atoms with Gasteiger partial charge in [-0.3, -0.25) is 0 Å². The van der Waals surface area contributed by atoms with Crippen LogP contribution in [0.1, 0.15) is 6.42 Å². The molecule has 0 saturated heterocycles. The van der Waals surface area contributed by atoms with Crippen molar-refractivity contribution in [3.05, 3.63) is 0 Å². The number of hydrogen-bond acceptors (Lipinski definition) is 4. The summed E-state index contributed by atoms with van der Waals surface area (Å²) in [5, 5.41) is 8.12. The molecular formula is C5H14Cl2N2O3. The highest BCUT2D eigenvalue weighted by atomic mass is 35.5. The summed E-state index contributed by atoms with van der Waals surface area (Å²) in [6.07, 6.45) is -0.0751. The van der Waals surface area contributed by atoms with Crippen molar-refractivity contribution in [3.8, 4) is 0 Å². The molecule has 5 nitrogen and oxygen atoms in total. The number of carboxylic acids is 1. The van der Waals surface area contributed by atoms with Crippen LogP contribution in [0.3, 0.4) is 0 Å². The van der Waals surface area contributed by atoms with Crippen LogP contribution in [0, 0.1) is 0 Å². The van der Waals surface area contributed by atoms with E-state index in [1.807, 2.05) is 0 Å². The molecule has 0 spiro atoms. The molecule has 0 fully saturated rings. The molecule has 0 aliphatic heterocycles. The highest BCUT2D eigenvalue weighted by Gasteiger charge is 2.02. The summed E-state index contributed by atoms with van der Waals surface area (Å²) in [4.78, 5) is 9.90. The third-order valence-electron chi connectivity index (χ3n) is 0.872. The fourth-order valence-electron chi connectivity index (χ4n) is 0.426. The first kappa shape index (κ1) is 17.9. The van der Waals surface area contributed by atoms with Crippen LogP contribution >= 0.6 is 24.8 Å². The van der Waals surface area contributed by atoms with E-state index in [2.05, 4.69) is 4.74 Å². The number of carbonyl (C=O) groups is 1. The van der Waals surface area contributed by atoms with Crippen LogP contribution in [0.15, 0.2) is 0 Å². The molecule has 0 aliphatic rings. The highest BCUT2D eigenvalue weighted by molar-refractivity contribution is 5.85. The van der Waals surface area contributed by atoms with E-state index in [4.69, 9.17) is 16.6 Å². The van der Waals surface area contributed by atoms with Gasteiger partial charge in [0.05, 0.1) is 0 Å². The van der Waals surface area contributed by atoms with Gasteiger partial charge in [-0.2, -0.15) is 0 Å². The van der Waals surface area contributed by atoms with Crippen LogP contribution in [0.4, 0.5) is 0 Å². The van der Waals surface area contributed by atoms with Crippen molar-refractivity contribution >= 4 is 30.8 Å². The van der Waals surface area contributed by atoms with Crippen molar-refractivity contribution in [2.24, 2.45) is 11.5 Å². The molecule has 0 aromatic rings. The highest BCUT2D eigenvalue weighted by Crippen LogP contribution is 1.87. The van der Waals surface area contributed by atoms with Gasteiger partial charge in [0.15, 0.2) is 0 Å². The summed E-state index contributed by atoms with van der Waals surface area (Å²) in [5.74, 6) is -1.02. The van der Waals surface area contributed by atoms with E-state index in [9.17, 15) is 4.79 Å². The maximum absolute atomic E-state index is 9.90. The van der Waals surface area contributed by atoms with Crippen LogP contribution < -0.4 is 11.5 Å². The molecule has 0 heterocycles.